The van der Waals surface area contributed by atoms with Gasteiger partial charge in [-0.05, 0) is 36.4 Å². The highest BCUT2D eigenvalue weighted by molar-refractivity contribution is 6.00. The Hall–Kier alpha value is -3.55. The summed E-state index contributed by atoms with van der Waals surface area (Å²) in [6.45, 7) is -0.508. The average molecular weight is 384 g/mol. The summed E-state index contributed by atoms with van der Waals surface area (Å²) in [5.74, 6) is -0.224. The third kappa shape index (κ3) is 4.79. The molecule has 0 saturated heterocycles. The first kappa shape index (κ1) is 19.2. The van der Waals surface area contributed by atoms with Crippen molar-refractivity contribution < 1.29 is 28.6 Å². The van der Waals surface area contributed by atoms with Crippen LogP contribution in [0.1, 0.15) is 6.42 Å². The first-order valence-electron chi connectivity index (χ1n) is 8.68. The zero-order valence-corrected chi connectivity index (χ0v) is 15.3. The highest BCUT2D eigenvalue weighted by atomic mass is 16.5. The number of hydrogen-bond acceptors (Lipinski definition) is 6. The maximum absolute atomic E-state index is 12.3. The van der Waals surface area contributed by atoms with Gasteiger partial charge >= 0.3 is 5.97 Å². The summed E-state index contributed by atoms with van der Waals surface area (Å²) in [6.07, 6.45) is 0.153. The number of benzene rings is 2. The second kappa shape index (κ2) is 8.90. The molecule has 2 aromatic carbocycles. The van der Waals surface area contributed by atoms with Gasteiger partial charge in [-0.2, -0.15) is 0 Å². The van der Waals surface area contributed by atoms with Gasteiger partial charge in [0, 0.05) is 5.69 Å². The Balaban J connectivity index is 1.54. The third-order valence-corrected chi connectivity index (χ3v) is 4.06. The summed E-state index contributed by atoms with van der Waals surface area (Å²) in [5.41, 5.74) is 1.06. The van der Waals surface area contributed by atoms with Crippen molar-refractivity contribution in [2.24, 2.45) is 0 Å². The van der Waals surface area contributed by atoms with Crippen LogP contribution in [0.3, 0.4) is 0 Å². The van der Waals surface area contributed by atoms with Crippen LogP contribution in [0, 0.1) is 0 Å². The molecular formula is C20H20N2O6. The van der Waals surface area contributed by atoms with Crippen molar-refractivity contribution in [1.29, 1.82) is 0 Å². The predicted molar refractivity (Wildman–Crippen MR) is 101 cm³/mol. The predicted octanol–water partition coefficient (Wildman–Crippen LogP) is 1.99. The number of para-hydroxylation sites is 2. The second-order valence-electron chi connectivity index (χ2n) is 5.98. The third-order valence-electron chi connectivity index (χ3n) is 4.06. The molecule has 8 nitrogen and oxygen atoms in total. The van der Waals surface area contributed by atoms with Gasteiger partial charge in [-0.1, -0.05) is 12.1 Å². The van der Waals surface area contributed by atoms with E-state index in [1.807, 2.05) is 0 Å². The van der Waals surface area contributed by atoms with Gasteiger partial charge in [0.05, 0.1) is 25.8 Å². The monoisotopic (exact) mass is 384 g/mol. The largest absolute Gasteiger partial charge is 0.497 e. The molecule has 0 saturated carbocycles. The van der Waals surface area contributed by atoms with Gasteiger partial charge in [-0.15, -0.1) is 0 Å². The number of nitrogens with zero attached hydrogens (tertiary/aromatic N) is 1. The van der Waals surface area contributed by atoms with Crippen molar-refractivity contribution in [1.82, 2.24) is 0 Å². The highest BCUT2D eigenvalue weighted by Crippen LogP contribution is 2.30. The minimum atomic E-state index is -0.685. The minimum absolute atomic E-state index is 0.153. The molecule has 1 heterocycles. The molecular weight excluding hydrogens is 364 g/mol. The number of anilines is 2. The van der Waals surface area contributed by atoms with Crippen LogP contribution in [-0.4, -0.2) is 44.7 Å². The number of ether oxygens (including phenoxy) is 3. The number of esters is 1. The van der Waals surface area contributed by atoms with Gasteiger partial charge in [0.25, 0.3) is 5.91 Å². The first-order chi connectivity index (χ1) is 13.6. The van der Waals surface area contributed by atoms with Crippen LogP contribution in [0.4, 0.5) is 11.4 Å². The first-order valence-corrected chi connectivity index (χ1v) is 8.68. The lowest BCUT2D eigenvalue weighted by Gasteiger charge is -2.20. The molecule has 2 aromatic rings. The van der Waals surface area contributed by atoms with E-state index < -0.39 is 18.5 Å². The number of methoxy groups -OCH3 is 1. The highest BCUT2D eigenvalue weighted by Gasteiger charge is 2.25. The van der Waals surface area contributed by atoms with Crippen molar-refractivity contribution in [2.75, 3.05) is 37.1 Å². The van der Waals surface area contributed by atoms with Crippen molar-refractivity contribution >= 4 is 29.2 Å². The van der Waals surface area contributed by atoms with Crippen molar-refractivity contribution in [2.45, 2.75) is 6.42 Å². The van der Waals surface area contributed by atoms with Gasteiger partial charge < -0.3 is 19.5 Å². The Bertz CT molecular complexity index is 865. The second-order valence-corrected chi connectivity index (χ2v) is 5.98. The number of hydrogen-bond donors (Lipinski definition) is 1. The van der Waals surface area contributed by atoms with E-state index in [-0.39, 0.29) is 25.5 Å². The minimum Gasteiger partial charge on any atom is -0.497 e. The van der Waals surface area contributed by atoms with E-state index in [9.17, 15) is 14.4 Å². The van der Waals surface area contributed by atoms with Crippen LogP contribution < -0.4 is 19.7 Å². The molecule has 0 aromatic heterocycles. The van der Waals surface area contributed by atoms with Gasteiger partial charge in [-0.3, -0.25) is 19.3 Å². The van der Waals surface area contributed by atoms with Crippen LogP contribution >= 0.6 is 0 Å². The van der Waals surface area contributed by atoms with Crippen molar-refractivity contribution in [3.8, 4) is 11.5 Å². The smallest absolute Gasteiger partial charge is 0.326 e. The van der Waals surface area contributed by atoms with Gasteiger partial charge in [0.1, 0.15) is 18.0 Å². The van der Waals surface area contributed by atoms with Crippen LogP contribution in [0.25, 0.3) is 0 Å². The topological polar surface area (TPSA) is 94.2 Å². The Morgan fingerprint density at radius 1 is 1.14 bits per heavy atom. The fraction of sp³-hybridized carbons (Fsp3) is 0.250. The average Bonchev–Trinajstić information content (AvgIpc) is 2.86. The summed E-state index contributed by atoms with van der Waals surface area (Å²) in [6, 6.07) is 13.7. The molecule has 0 radical (unpaired) electrons. The number of carbonyl (C=O) groups is 3. The molecule has 0 aliphatic carbocycles. The Morgan fingerprint density at radius 2 is 1.89 bits per heavy atom. The molecule has 3 rings (SSSR count). The summed E-state index contributed by atoms with van der Waals surface area (Å²) in [4.78, 5) is 37.7. The molecule has 0 spiro atoms. The summed E-state index contributed by atoms with van der Waals surface area (Å²) in [5, 5.41) is 2.61. The number of amides is 2. The zero-order valence-electron chi connectivity index (χ0n) is 15.3. The van der Waals surface area contributed by atoms with Crippen molar-refractivity contribution in [3.05, 3.63) is 48.5 Å². The number of fused-ring (bicyclic) bond motifs is 1. The van der Waals surface area contributed by atoms with Crippen LogP contribution in [0.15, 0.2) is 48.5 Å². The van der Waals surface area contributed by atoms with Crippen LogP contribution in [0.5, 0.6) is 11.5 Å². The maximum Gasteiger partial charge on any atom is 0.326 e. The zero-order chi connectivity index (χ0) is 19.9. The Morgan fingerprint density at radius 3 is 2.64 bits per heavy atom. The summed E-state index contributed by atoms with van der Waals surface area (Å²) in [7, 11) is 1.55. The molecule has 0 fully saturated rings. The van der Waals surface area contributed by atoms with E-state index in [4.69, 9.17) is 14.2 Å². The number of carbonyl (C=O) groups excluding carboxylic acids is 3. The van der Waals surface area contributed by atoms with E-state index in [2.05, 4.69) is 5.32 Å². The molecule has 0 bridgehead atoms. The number of nitrogens with one attached hydrogen (secondary N) is 1. The van der Waals surface area contributed by atoms with Gasteiger partial charge in [0.15, 0.2) is 6.61 Å². The molecule has 2 amide bonds. The van der Waals surface area contributed by atoms with Crippen LogP contribution in [0.2, 0.25) is 0 Å². The lowest BCUT2D eigenvalue weighted by molar-refractivity contribution is -0.146. The summed E-state index contributed by atoms with van der Waals surface area (Å²) >= 11 is 0. The molecule has 0 atom stereocenters. The van der Waals surface area contributed by atoms with E-state index in [1.54, 1.807) is 55.6 Å². The maximum atomic E-state index is 12.3. The van der Waals surface area contributed by atoms with E-state index in [0.29, 0.717) is 22.9 Å². The van der Waals surface area contributed by atoms with E-state index in [0.717, 1.165) is 0 Å². The lowest BCUT2D eigenvalue weighted by Crippen LogP contribution is -2.36. The molecule has 8 heteroatoms. The fourth-order valence-electron chi connectivity index (χ4n) is 2.69. The molecule has 1 N–H and O–H groups in total. The quantitative estimate of drug-likeness (QED) is 0.766. The molecule has 146 valence electrons. The molecule has 28 heavy (non-hydrogen) atoms. The SMILES string of the molecule is COc1ccc(NC(=O)COC(=O)CN2C(=O)CCOc3ccccc32)cc1. The number of rotatable bonds is 6. The molecule has 0 unspecified atom stereocenters. The standard InChI is InChI=1S/C20H20N2O6/c1-26-15-8-6-14(7-9-15)21-18(23)13-28-20(25)12-22-16-4-2-3-5-17(16)27-11-10-19(22)24/h2-9H,10-13H2,1H3,(H,21,23). The summed E-state index contributed by atoms with van der Waals surface area (Å²) < 4.78 is 15.6. The molecule has 1 aliphatic rings. The van der Waals surface area contributed by atoms with Gasteiger partial charge in [-0.25, -0.2) is 0 Å². The van der Waals surface area contributed by atoms with Gasteiger partial charge in [0.2, 0.25) is 5.91 Å². The van der Waals surface area contributed by atoms with Crippen molar-refractivity contribution in [3.63, 3.8) is 0 Å². The van der Waals surface area contributed by atoms with E-state index in [1.165, 1.54) is 4.90 Å². The Labute approximate surface area is 162 Å². The van der Waals surface area contributed by atoms with E-state index >= 15 is 0 Å². The fourth-order valence-corrected chi connectivity index (χ4v) is 2.69. The molecule has 1 aliphatic heterocycles. The normalized spacial score (nSPS) is 13.0. The lowest BCUT2D eigenvalue weighted by atomic mass is 10.2. The Kier molecular flexibility index (Phi) is 6.11. The van der Waals surface area contributed by atoms with Crippen LogP contribution in [-0.2, 0) is 19.1 Å².